The molecule has 0 fully saturated rings. The van der Waals surface area contributed by atoms with E-state index in [1.54, 1.807) is 18.2 Å². The number of nitriles is 1. The summed E-state index contributed by atoms with van der Waals surface area (Å²) in [6.07, 6.45) is 0. The summed E-state index contributed by atoms with van der Waals surface area (Å²) in [6, 6.07) is 13.2. The number of oxazole rings is 1. The van der Waals surface area contributed by atoms with E-state index in [1.165, 1.54) is 5.56 Å². The second kappa shape index (κ2) is 6.55. The fourth-order valence-electron chi connectivity index (χ4n) is 2.12. The highest BCUT2D eigenvalue weighted by atomic mass is 32.2. The molecule has 23 heavy (non-hydrogen) atoms. The first-order valence-corrected chi connectivity index (χ1v) is 7.92. The van der Waals surface area contributed by atoms with E-state index in [0.29, 0.717) is 22.7 Å². The number of carbonyl (C=O) groups excluding carboxylic acids is 1. The first kappa shape index (κ1) is 15.1. The number of hydrogen-bond acceptors (Lipinski definition) is 5. The molecule has 0 radical (unpaired) electrons. The largest absolute Gasteiger partial charge is 0.436 e. The van der Waals surface area contributed by atoms with Gasteiger partial charge in [-0.3, -0.25) is 4.79 Å². The minimum atomic E-state index is -0.224. The third-order valence-electron chi connectivity index (χ3n) is 3.24. The van der Waals surface area contributed by atoms with E-state index in [-0.39, 0.29) is 11.7 Å². The molecule has 0 atom stereocenters. The number of thioether (sulfide) groups is 1. The first-order chi connectivity index (χ1) is 11.2. The Morgan fingerprint density at radius 1 is 1.30 bits per heavy atom. The number of anilines is 1. The Morgan fingerprint density at radius 3 is 2.83 bits per heavy atom. The molecule has 6 heteroatoms. The second-order valence-corrected chi connectivity index (χ2v) is 5.76. The molecule has 5 nitrogen and oxygen atoms in total. The molecular formula is C17H13N3O2S. The molecule has 0 saturated carbocycles. The highest BCUT2D eigenvalue weighted by molar-refractivity contribution is 8.04. The number of nitrogens with zero attached hydrogens (tertiary/aromatic N) is 2. The molecule has 0 aliphatic heterocycles. The predicted molar refractivity (Wildman–Crippen MR) is 90.9 cm³/mol. The molecular weight excluding hydrogens is 310 g/mol. The van der Waals surface area contributed by atoms with Crippen LogP contribution in [0, 0.1) is 17.6 Å². The minimum Gasteiger partial charge on any atom is -0.436 e. The molecule has 1 N–H and O–H groups in total. The van der Waals surface area contributed by atoms with Crippen LogP contribution >= 0.6 is 11.8 Å². The van der Waals surface area contributed by atoms with E-state index in [4.69, 9.17) is 9.68 Å². The number of aromatic nitrogens is 1. The van der Waals surface area contributed by atoms with Gasteiger partial charge in [0.05, 0.1) is 5.75 Å². The summed E-state index contributed by atoms with van der Waals surface area (Å²) in [6.45, 7) is 2.02. The monoisotopic (exact) mass is 323 g/mol. The Bertz CT molecular complexity index is 894. The summed E-state index contributed by atoms with van der Waals surface area (Å²) in [5.41, 5.74) is 4.04. The fourth-order valence-corrected chi connectivity index (χ4v) is 2.39. The van der Waals surface area contributed by atoms with Gasteiger partial charge in [-0.1, -0.05) is 17.7 Å². The molecule has 0 aliphatic carbocycles. The van der Waals surface area contributed by atoms with Crippen molar-refractivity contribution in [3.8, 4) is 16.9 Å². The molecule has 1 heterocycles. The minimum absolute atomic E-state index is 0.0992. The lowest BCUT2D eigenvalue weighted by Gasteiger charge is -2.02. The Balaban J connectivity index is 1.85. The van der Waals surface area contributed by atoms with Gasteiger partial charge in [0.1, 0.15) is 10.9 Å². The normalized spacial score (nSPS) is 10.4. The Labute approximate surface area is 137 Å². The zero-order chi connectivity index (χ0) is 16.2. The lowest BCUT2D eigenvalue weighted by molar-refractivity contribution is -0.113. The van der Waals surface area contributed by atoms with E-state index >= 15 is 0 Å². The number of thiocyanates is 1. The Morgan fingerprint density at radius 2 is 2.09 bits per heavy atom. The van der Waals surface area contributed by atoms with E-state index < -0.39 is 0 Å². The average Bonchev–Trinajstić information content (AvgIpc) is 2.96. The zero-order valence-electron chi connectivity index (χ0n) is 12.4. The third kappa shape index (κ3) is 3.52. The summed E-state index contributed by atoms with van der Waals surface area (Å²) < 4.78 is 5.75. The number of rotatable bonds is 4. The van der Waals surface area contributed by atoms with Crippen molar-refractivity contribution in [1.82, 2.24) is 4.98 Å². The predicted octanol–water partition coefficient (Wildman–Crippen LogP) is 3.96. The van der Waals surface area contributed by atoms with Crippen LogP contribution in [0.2, 0.25) is 0 Å². The maximum atomic E-state index is 11.6. The second-order valence-electron chi connectivity index (χ2n) is 5.00. The molecule has 2 aromatic carbocycles. The number of fused-ring (bicyclic) bond motifs is 1. The van der Waals surface area contributed by atoms with E-state index in [1.807, 2.05) is 36.6 Å². The van der Waals surface area contributed by atoms with Crippen LogP contribution in [0.3, 0.4) is 0 Å². The quantitative estimate of drug-likeness (QED) is 0.735. The van der Waals surface area contributed by atoms with Gasteiger partial charge in [-0.2, -0.15) is 5.26 Å². The molecule has 0 spiro atoms. The Kier molecular flexibility index (Phi) is 4.31. The zero-order valence-corrected chi connectivity index (χ0v) is 13.2. The van der Waals surface area contributed by atoms with Gasteiger partial charge in [0.15, 0.2) is 5.58 Å². The van der Waals surface area contributed by atoms with Crippen LogP contribution in [0.25, 0.3) is 22.6 Å². The molecule has 3 aromatic rings. The summed E-state index contributed by atoms with van der Waals surface area (Å²) >= 11 is 0.901. The lowest BCUT2D eigenvalue weighted by atomic mass is 10.1. The molecule has 0 saturated heterocycles. The third-order valence-corrected chi connectivity index (χ3v) is 3.77. The van der Waals surface area contributed by atoms with Crippen molar-refractivity contribution < 1.29 is 9.21 Å². The SMILES string of the molecule is Cc1ccc(-c2nc3cc(NC(=O)CSC#N)ccc3o2)cc1. The van der Waals surface area contributed by atoms with Crippen LogP contribution in [0.4, 0.5) is 5.69 Å². The van der Waals surface area contributed by atoms with Gasteiger partial charge in [-0.15, -0.1) is 0 Å². The fraction of sp³-hybridized carbons (Fsp3) is 0.118. The summed E-state index contributed by atoms with van der Waals surface area (Å²) in [4.78, 5) is 16.1. The number of carbonyl (C=O) groups is 1. The molecule has 114 valence electrons. The van der Waals surface area contributed by atoms with Crippen LogP contribution in [-0.2, 0) is 4.79 Å². The Hall–Kier alpha value is -2.78. The van der Waals surface area contributed by atoms with Gasteiger partial charge in [-0.25, -0.2) is 4.98 Å². The van der Waals surface area contributed by atoms with Crippen LogP contribution in [0.15, 0.2) is 46.9 Å². The lowest BCUT2D eigenvalue weighted by Crippen LogP contribution is -2.13. The maximum absolute atomic E-state index is 11.6. The van der Waals surface area contributed by atoms with Crippen molar-refractivity contribution >= 4 is 34.5 Å². The first-order valence-electron chi connectivity index (χ1n) is 6.94. The molecule has 1 aromatic heterocycles. The van der Waals surface area contributed by atoms with Gasteiger partial charge in [0.2, 0.25) is 11.8 Å². The van der Waals surface area contributed by atoms with E-state index in [0.717, 1.165) is 17.3 Å². The van der Waals surface area contributed by atoms with Crippen LogP contribution in [0.5, 0.6) is 0 Å². The highest BCUT2D eigenvalue weighted by Crippen LogP contribution is 2.26. The summed E-state index contributed by atoms with van der Waals surface area (Å²) in [5.74, 6) is 0.420. The summed E-state index contributed by atoms with van der Waals surface area (Å²) in [5, 5.41) is 13.1. The smallest absolute Gasteiger partial charge is 0.235 e. The molecule has 0 unspecified atom stereocenters. The van der Waals surface area contributed by atoms with Gasteiger partial charge < -0.3 is 9.73 Å². The number of amides is 1. The van der Waals surface area contributed by atoms with E-state index in [2.05, 4.69) is 10.3 Å². The highest BCUT2D eigenvalue weighted by Gasteiger charge is 2.10. The molecule has 0 aliphatic rings. The van der Waals surface area contributed by atoms with Crippen LogP contribution < -0.4 is 5.32 Å². The number of aryl methyl sites for hydroxylation is 1. The number of hydrogen-bond donors (Lipinski definition) is 1. The van der Waals surface area contributed by atoms with Crippen molar-refractivity contribution in [1.29, 1.82) is 5.26 Å². The van der Waals surface area contributed by atoms with Crippen molar-refractivity contribution in [2.75, 3.05) is 11.1 Å². The van der Waals surface area contributed by atoms with Gasteiger partial charge >= 0.3 is 0 Å². The van der Waals surface area contributed by atoms with Crippen molar-refractivity contribution in [2.45, 2.75) is 6.92 Å². The molecule has 3 rings (SSSR count). The standard InChI is InChI=1S/C17H13N3O2S/c1-11-2-4-12(5-3-11)17-20-14-8-13(6-7-15(14)22-17)19-16(21)9-23-10-18/h2-8H,9H2,1H3,(H,19,21). The van der Waals surface area contributed by atoms with Crippen LogP contribution in [-0.4, -0.2) is 16.6 Å². The average molecular weight is 323 g/mol. The van der Waals surface area contributed by atoms with E-state index in [9.17, 15) is 4.79 Å². The number of benzene rings is 2. The number of nitrogens with one attached hydrogen (secondary N) is 1. The van der Waals surface area contributed by atoms with Gasteiger partial charge in [0, 0.05) is 11.3 Å². The van der Waals surface area contributed by atoms with Gasteiger partial charge in [0.25, 0.3) is 0 Å². The maximum Gasteiger partial charge on any atom is 0.235 e. The van der Waals surface area contributed by atoms with Crippen molar-refractivity contribution in [3.63, 3.8) is 0 Å². The van der Waals surface area contributed by atoms with Crippen molar-refractivity contribution in [3.05, 3.63) is 48.0 Å². The summed E-state index contributed by atoms with van der Waals surface area (Å²) in [7, 11) is 0. The van der Waals surface area contributed by atoms with Gasteiger partial charge in [-0.05, 0) is 49.0 Å². The van der Waals surface area contributed by atoms with Crippen molar-refractivity contribution in [2.24, 2.45) is 0 Å². The molecule has 0 bridgehead atoms. The van der Waals surface area contributed by atoms with Crippen LogP contribution in [0.1, 0.15) is 5.56 Å². The molecule has 1 amide bonds. The topological polar surface area (TPSA) is 78.9 Å².